The van der Waals surface area contributed by atoms with E-state index in [0.717, 1.165) is 22.5 Å². The molecule has 35 heavy (non-hydrogen) atoms. The van der Waals surface area contributed by atoms with Crippen LogP contribution in [0.3, 0.4) is 0 Å². The molecule has 7 heteroatoms. The highest BCUT2D eigenvalue weighted by atomic mass is 16.5. The Labute approximate surface area is 203 Å². The van der Waals surface area contributed by atoms with Gasteiger partial charge in [-0.1, -0.05) is 13.8 Å². The van der Waals surface area contributed by atoms with Crippen LogP contribution in [-0.2, 0) is 19.2 Å². The minimum absolute atomic E-state index is 0.0912. The Morgan fingerprint density at radius 3 is 2.43 bits per heavy atom. The average Bonchev–Trinajstić information content (AvgIpc) is 3.23. The van der Waals surface area contributed by atoms with Gasteiger partial charge in [-0.15, -0.1) is 0 Å². The molecule has 1 aliphatic heterocycles. The lowest BCUT2D eigenvalue weighted by molar-refractivity contribution is -0.136. The normalized spacial score (nSPS) is 17.0. The molecule has 0 atom stereocenters. The fraction of sp³-hybridized carbons (Fsp3) is 0.286. The number of aromatic nitrogens is 1. The van der Waals surface area contributed by atoms with E-state index in [-0.39, 0.29) is 29.6 Å². The van der Waals surface area contributed by atoms with Crippen LogP contribution in [0.2, 0.25) is 0 Å². The molecule has 0 unspecified atom stereocenters. The number of allylic oxidation sites excluding steroid dienone is 4. The maximum Gasteiger partial charge on any atom is 0.312 e. The molecule has 1 aliphatic carbocycles. The van der Waals surface area contributed by atoms with Crippen LogP contribution >= 0.6 is 0 Å². The third-order valence-corrected chi connectivity index (χ3v) is 6.42. The first kappa shape index (κ1) is 24.1. The van der Waals surface area contributed by atoms with Crippen LogP contribution in [0.25, 0.3) is 11.6 Å². The molecule has 1 amide bonds. The van der Waals surface area contributed by atoms with Gasteiger partial charge in [0.05, 0.1) is 17.7 Å². The van der Waals surface area contributed by atoms with E-state index in [1.165, 1.54) is 6.08 Å². The van der Waals surface area contributed by atoms with Crippen LogP contribution in [0.1, 0.15) is 56.6 Å². The average molecular weight is 473 g/mol. The van der Waals surface area contributed by atoms with Gasteiger partial charge in [0.15, 0.2) is 11.6 Å². The van der Waals surface area contributed by atoms with E-state index in [1.807, 2.05) is 26.0 Å². The third-order valence-electron chi connectivity index (χ3n) is 6.42. The lowest BCUT2D eigenvalue weighted by Gasteiger charge is -2.29. The van der Waals surface area contributed by atoms with Crippen molar-refractivity contribution in [2.45, 2.75) is 48.0 Å². The molecule has 180 valence electrons. The van der Waals surface area contributed by atoms with Gasteiger partial charge in [-0.3, -0.25) is 19.2 Å². The number of amides is 1. The predicted molar refractivity (Wildman–Crippen MR) is 134 cm³/mol. The molecule has 4 rings (SSSR count). The van der Waals surface area contributed by atoms with E-state index in [0.29, 0.717) is 28.0 Å². The Kier molecular flexibility index (Phi) is 5.97. The quantitative estimate of drug-likeness (QED) is 0.280. The highest BCUT2D eigenvalue weighted by molar-refractivity contribution is 6.35. The van der Waals surface area contributed by atoms with E-state index in [9.17, 15) is 19.2 Å². The Morgan fingerprint density at radius 2 is 1.77 bits per heavy atom. The van der Waals surface area contributed by atoms with E-state index < -0.39 is 11.4 Å². The molecule has 0 radical (unpaired) electrons. The van der Waals surface area contributed by atoms with Crippen LogP contribution in [0.5, 0.6) is 5.75 Å². The summed E-state index contributed by atoms with van der Waals surface area (Å²) in [6.45, 7) is 10.6. The van der Waals surface area contributed by atoms with Gasteiger partial charge in [0.1, 0.15) is 5.75 Å². The molecule has 1 aromatic heterocycles. The zero-order valence-corrected chi connectivity index (χ0v) is 20.7. The van der Waals surface area contributed by atoms with Gasteiger partial charge < -0.3 is 15.0 Å². The van der Waals surface area contributed by atoms with Crippen LogP contribution in [0.4, 0.5) is 5.69 Å². The van der Waals surface area contributed by atoms with E-state index in [2.05, 4.69) is 10.3 Å². The van der Waals surface area contributed by atoms with Crippen molar-refractivity contribution in [1.29, 1.82) is 0 Å². The molecule has 0 bridgehead atoms. The number of Topliss-reactive ketones (excluding diaryl/α,β-unsaturated/α-hetero) is 1. The van der Waals surface area contributed by atoms with E-state index in [1.54, 1.807) is 45.9 Å². The summed E-state index contributed by atoms with van der Waals surface area (Å²) in [7, 11) is 0. The molecule has 2 aliphatic rings. The molecule has 2 N–H and O–H groups in total. The van der Waals surface area contributed by atoms with Crippen molar-refractivity contribution >= 4 is 40.8 Å². The molecular formula is C28H28N2O5. The number of nitrogens with one attached hydrogen (secondary N) is 2. The number of aromatic amines is 1. The molecule has 2 aromatic rings. The monoisotopic (exact) mass is 472 g/mol. The van der Waals surface area contributed by atoms with E-state index in [4.69, 9.17) is 4.74 Å². The number of fused-ring (bicyclic) bond motifs is 1. The van der Waals surface area contributed by atoms with Crippen LogP contribution in [0, 0.1) is 19.3 Å². The van der Waals surface area contributed by atoms with Crippen LogP contribution < -0.4 is 10.1 Å². The Balaban J connectivity index is 1.53. The molecule has 2 heterocycles. The lowest BCUT2D eigenvalue weighted by atomic mass is 9.73. The van der Waals surface area contributed by atoms with Crippen molar-refractivity contribution < 1.29 is 23.9 Å². The molecule has 1 aromatic carbocycles. The first-order chi connectivity index (χ1) is 16.4. The van der Waals surface area contributed by atoms with Gasteiger partial charge in [0.2, 0.25) is 0 Å². The zero-order chi connectivity index (χ0) is 25.7. The van der Waals surface area contributed by atoms with Crippen molar-refractivity contribution in [3.63, 3.8) is 0 Å². The summed E-state index contributed by atoms with van der Waals surface area (Å²) in [5, 5.41) is 2.82. The highest BCUT2D eigenvalue weighted by Gasteiger charge is 2.37. The second-order valence-corrected chi connectivity index (χ2v) is 9.82. The molecule has 0 spiro atoms. The number of ketones is 2. The number of aryl methyl sites for hydroxylation is 2. The number of H-pyrrole nitrogens is 1. The smallest absolute Gasteiger partial charge is 0.312 e. The maximum absolute atomic E-state index is 12.8. The van der Waals surface area contributed by atoms with E-state index >= 15 is 0 Å². The highest BCUT2D eigenvalue weighted by Crippen LogP contribution is 2.39. The van der Waals surface area contributed by atoms with Gasteiger partial charge in [-0.05, 0) is 63.6 Å². The molecule has 7 nitrogen and oxygen atoms in total. The largest absolute Gasteiger partial charge is 0.426 e. The molecule has 0 saturated carbocycles. The second kappa shape index (κ2) is 8.65. The van der Waals surface area contributed by atoms with Gasteiger partial charge in [0.25, 0.3) is 5.91 Å². The maximum atomic E-state index is 12.8. The zero-order valence-electron chi connectivity index (χ0n) is 20.7. The first-order valence-corrected chi connectivity index (χ1v) is 11.4. The number of carbonyl (C=O) groups excluding carboxylic acids is 4. The summed E-state index contributed by atoms with van der Waals surface area (Å²) in [6, 6.07) is 6.99. The van der Waals surface area contributed by atoms with Gasteiger partial charge in [-0.25, -0.2) is 0 Å². The van der Waals surface area contributed by atoms with Crippen molar-refractivity contribution in [2.24, 2.45) is 5.41 Å². The number of esters is 1. The number of carbonyl (C=O) groups is 4. The topological polar surface area (TPSA) is 105 Å². The number of hydrogen-bond donors (Lipinski definition) is 2. The molecule has 0 saturated heterocycles. The fourth-order valence-electron chi connectivity index (χ4n) is 4.72. The SMILES string of the molecule is CC1=CC(=O)C(C)=C(C(C)(C)CC(=O)Oc2ccc3c(c2)NC(=O)/C3=C\c2[nH]c(C)cc2C)C1=O. The van der Waals surface area contributed by atoms with Crippen molar-refractivity contribution in [2.75, 3.05) is 5.32 Å². The fourth-order valence-corrected chi connectivity index (χ4v) is 4.72. The van der Waals surface area contributed by atoms with Gasteiger partial charge in [-0.2, -0.15) is 0 Å². The summed E-state index contributed by atoms with van der Waals surface area (Å²) in [5.41, 5.74) is 4.87. The minimum atomic E-state index is -0.893. The Bertz CT molecular complexity index is 1400. The number of rotatable bonds is 5. The summed E-state index contributed by atoms with van der Waals surface area (Å²) in [6.07, 6.45) is 3.05. The van der Waals surface area contributed by atoms with Crippen molar-refractivity contribution in [3.8, 4) is 5.75 Å². The third kappa shape index (κ3) is 4.54. The second-order valence-electron chi connectivity index (χ2n) is 9.82. The number of benzene rings is 1. The standard InChI is InChI=1S/C28H28N2O5/c1-14-9-16(3)29-21(14)12-20-19-8-7-18(11-22(19)30-27(20)34)35-24(32)13-28(5,6)25-17(4)23(31)10-15(2)26(25)33/h7-12,29H,13H2,1-6H3,(H,30,34)/b20-12-. The van der Waals surface area contributed by atoms with Crippen LogP contribution in [-0.4, -0.2) is 28.4 Å². The van der Waals surface area contributed by atoms with Gasteiger partial charge >= 0.3 is 5.97 Å². The van der Waals surface area contributed by atoms with Gasteiger partial charge in [0, 0.05) is 45.2 Å². The Hall–Kier alpha value is -4.00. The molecule has 0 fully saturated rings. The van der Waals surface area contributed by atoms with Crippen molar-refractivity contribution in [1.82, 2.24) is 4.98 Å². The number of anilines is 1. The minimum Gasteiger partial charge on any atom is -0.426 e. The summed E-state index contributed by atoms with van der Waals surface area (Å²) in [5.74, 6) is -0.942. The van der Waals surface area contributed by atoms with Crippen LogP contribution in [0.15, 0.2) is 47.1 Å². The molecular weight excluding hydrogens is 444 g/mol. The lowest BCUT2D eigenvalue weighted by Crippen LogP contribution is -2.31. The summed E-state index contributed by atoms with van der Waals surface area (Å²) in [4.78, 5) is 53.6. The number of ether oxygens (including phenoxy) is 1. The number of hydrogen-bond acceptors (Lipinski definition) is 5. The predicted octanol–water partition coefficient (Wildman–Crippen LogP) is 4.86. The van der Waals surface area contributed by atoms with Crippen molar-refractivity contribution in [3.05, 3.63) is 69.6 Å². The Morgan fingerprint density at radius 1 is 1.06 bits per heavy atom. The first-order valence-electron chi connectivity index (χ1n) is 11.4. The summed E-state index contributed by atoms with van der Waals surface area (Å²) < 4.78 is 5.55. The summed E-state index contributed by atoms with van der Waals surface area (Å²) >= 11 is 0.